The van der Waals surface area contributed by atoms with Crippen LogP contribution < -0.4 is 5.32 Å². The van der Waals surface area contributed by atoms with Gasteiger partial charge in [0, 0.05) is 16.2 Å². The summed E-state index contributed by atoms with van der Waals surface area (Å²) in [6.45, 7) is 5.45. The Morgan fingerprint density at radius 1 is 1.46 bits per heavy atom. The maximum absolute atomic E-state index is 13.9. The number of hydrogen-bond acceptors (Lipinski definition) is 3. The second-order valence-corrected chi connectivity index (χ2v) is 6.36. The topological polar surface area (TPSA) is 42.0 Å². The van der Waals surface area contributed by atoms with Crippen LogP contribution >= 0.6 is 11.6 Å². The van der Waals surface area contributed by atoms with E-state index in [0.29, 0.717) is 28.9 Å². The third kappa shape index (κ3) is 4.50. The van der Waals surface area contributed by atoms with Crippen LogP contribution in [0.1, 0.15) is 36.2 Å². The molecule has 1 unspecified atom stereocenters. The first-order valence-electron chi connectivity index (χ1n) is 8.25. The molecule has 0 aliphatic heterocycles. The standard InChI is InChI=1S/C21H20ClFN2O/c1-5-15-7-8-21(25-20(15)6-2)24-14(4)17(12-26)9-16-10-18(22)11-19(23)13(16)3/h1,7-12,14H,6H2,2-4H3,(H,24,25)/b17-9+. The number of nitrogens with zero attached hydrogens (tertiary/aromatic N) is 1. The van der Waals surface area contributed by atoms with Crippen LogP contribution in [0.2, 0.25) is 5.02 Å². The van der Waals surface area contributed by atoms with Gasteiger partial charge < -0.3 is 5.32 Å². The second-order valence-electron chi connectivity index (χ2n) is 5.92. The van der Waals surface area contributed by atoms with E-state index in [9.17, 15) is 9.18 Å². The zero-order chi connectivity index (χ0) is 19.3. The molecule has 2 aromatic rings. The zero-order valence-electron chi connectivity index (χ0n) is 14.9. The van der Waals surface area contributed by atoms with E-state index in [1.807, 2.05) is 19.9 Å². The number of aromatic nitrogens is 1. The van der Waals surface area contributed by atoms with Crippen molar-refractivity contribution in [1.29, 1.82) is 0 Å². The number of benzene rings is 1. The van der Waals surface area contributed by atoms with Crippen molar-refractivity contribution in [2.45, 2.75) is 33.2 Å². The summed E-state index contributed by atoms with van der Waals surface area (Å²) in [4.78, 5) is 16.1. The molecule has 0 bridgehead atoms. The number of anilines is 1. The van der Waals surface area contributed by atoms with Crippen molar-refractivity contribution in [1.82, 2.24) is 4.98 Å². The normalized spacial score (nSPS) is 12.4. The smallest absolute Gasteiger partial charge is 0.148 e. The van der Waals surface area contributed by atoms with Crippen molar-refractivity contribution in [2.24, 2.45) is 0 Å². The van der Waals surface area contributed by atoms with E-state index in [-0.39, 0.29) is 11.1 Å². The van der Waals surface area contributed by atoms with E-state index in [1.165, 1.54) is 6.07 Å². The minimum absolute atomic E-state index is 0.282. The number of rotatable bonds is 6. The Morgan fingerprint density at radius 3 is 2.81 bits per heavy atom. The molecule has 1 heterocycles. The molecule has 5 heteroatoms. The summed E-state index contributed by atoms with van der Waals surface area (Å²) in [5, 5.41) is 3.46. The van der Waals surface area contributed by atoms with Crippen molar-refractivity contribution in [3.05, 3.63) is 63.1 Å². The van der Waals surface area contributed by atoms with Crippen LogP contribution in [0.15, 0.2) is 29.8 Å². The van der Waals surface area contributed by atoms with Crippen molar-refractivity contribution in [2.75, 3.05) is 5.32 Å². The van der Waals surface area contributed by atoms with Crippen LogP contribution in [0.4, 0.5) is 10.2 Å². The van der Waals surface area contributed by atoms with E-state index in [0.717, 1.165) is 17.5 Å². The second kappa shape index (κ2) is 8.64. The number of aldehydes is 1. The highest BCUT2D eigenvalue weighted by molar-refractivity contribution is 6.30. The van der Waals surface area contributed by atoms with E-state index in [1.54, 1.807) is 25.1 Å². The number of carbonyl (C=O) groups is 1. The quantitative estimate of drug-likeness (QED) is 0.450. The fraction of sp³-hybridized carbons (Fsp3) is 0.238. The van der Waals surface area contributed by atoms with E-state index < -0.39 is 5.82 Å². The predicted molar refractivity (Wildman–Crippen MR) is 105 cm³/mol. The number of pyridine rings is 1. The number of hydrogen-bond donors (Lipinski definition) is 1. The van der Waals surface area contributed by atoms with Gasteiger partial charge in [-0.25, -0.2) is 9.37 Å². The summed E-state index contributed by atoms with van der Waals surface area (Å²) in [5.74, 6) is 2.82. The Balaban J connectivity index is 2.31. The largest absolute Gasteiger partial charge is 0.363 e. The van der Waals surface area contributed by atoms with Crippen LogP contribution in [0.25, 0.3) is 6.08 Å². The molecule has 0 saturated heterocycles. The highest BCUT2D eigenvalue weighted by atomic mass is 35.5. The maximum Gasteiger partial charge on any atom is 0.148 e. The Bertz CT molecular complexity index is 900. The fourth-order valence-corrected chi connectivity index (χ4v) is 2.76. The number of terminal acetylenes is 1. The zero-order valence-corrected chi connectivity index (χ0v) is 15.7. The third-order valence-corrected chi connectivity index (χ3v) is 4.35. The van der Waals surface area contributed by atoms with Gasteiger partial charge >= 0.3 is 0 Å². The molecule has 134 valence electrons. The molecule has 2 rings (SSSR count). The summed E-state index contributed by atoms with van der Waals surface area (Å²) >= 11 is 5.92. The summed E-state index contributed by atoms with van der Waals surface area (Å²) in [6.07, 6.45) is 8.55. The van der Waals surface area contributed by atoms with Crippen LogP contribution in [0, 0.1) is 25.1 Å². The highest BCUT2D eigenvalue weighted by Gasteiger charge is 2.12. The summed E-state index contributed by atoms with van der Waals surface area (Å²) in [6, 6.07) is 6.15. The van der Waals surface area contributed by atoms with Crippen molar-refractivity contribution < 1.29 is 9.18 Å². The van der Waals surface area contributed by atoms with Crippen LogP contribution in [-0.2, 0) is 11.2 Å². The number of aryl methyl sites for hydroxylation is 1. The molecular formula is C21H20ClFN2O. The molecule has 0 aliphatic rings. The molecule has 0 spiro atoms. The lowest BCUT2D eigenvalue weighted by Crippen LogP contribution is -2.20. The van der Waals surface area contributed by atoms with E-state index in [4.69, 9.17) is 18.0 Å². The first kappa shape index (κ1) is 19.7. The molecule has 1 aromatic carbocycles. The minimum atomic E-state index is -0.409. The van der Waals surface area contributed by atoms with Gasteiger partial charge in [0.25, 0.3) is 0 Å². The monoisotopic (exact) mass is 370 g/mol. The summed E-state index contributed by atoms with van der Waals surface area (Å²) < 4.78 is 13.9. The van der Waals surface area contributed by atoms with Gasteiger partial charge in [-0.05, 0) is 61.7 Å². The average Bonchev–Trinajstić information content (AvgIpc) is 2.63. The summed E-state index contributed by atoms with van der Waals surface area (Å²) in [5.41, 5.74) is 3.02. The maximum atomic E-state index is 13.9. The number of carbonyl (C=O) groups excluding carboxylic acids is 1. The molecule has 0 aliphatic carbocycles. The highest BCUT2D eigenvalue weighted by Crippen LogP contribution is 2.23. The van der Waals surface area contributed by atoms with Crippen LogP contribution in [0.3, 0.4) is 0 Å². The summed E-state index contributed by atoms with van der Waals surface area (Å²) in [7, 11) is 0. The number of halogens is 2. The lowest BCUT2D eigenvalue weighted by Gasteiger charge is -2.16. The van der Waals surface area contributed by atoms with Crippen LogP contribution in [0.5, 0.6) is 0 Å². The molecule has 0 amide bonds. The van der Waals surface area contributed by atoms with Gasteiger partial charge in [0.1, 0.15) is 17.9 Å². The van der Waals surface area contributed by atoms with Gasteiger partial charge in [-0.15, -0.1) is 6.42 Å². The molecule has 1 atom stereocenters. The van der Waals surface area contributed by atoms with Crippen molar-refractivity contribution in [3.8, 4) is 12.3 Å². The fourth-order valence-electron chi connectivity index (χ4n) is 2.54. The average molecular weight is 371 g/mol. The Labute approximate surface area is 158 Å². The third-order valence-electron chi connectivity index (χ3n) is 4.14. The molecule has 0 saturated carbocycles. The van der Waals surface area contributed by atoms with Gasteiger partial charge in [0.05, 0.1) is 11.7 Å². The SMILES string of the molecule is C#Cc1ccc(NC(C)/C(C=O)=C/c2cc(Cl)cc(F)c2C)nc1CC. The molecule has 0 fully saturated rings. The van der Waals surface area contributed by atoms with Crippen molar-refractivity contribution >= 4 is 29.8 Å². The molecule has 1 aromatic heterocycles. The van der Waals surface area contributed by atoms with E-state index in [2.05, 4.69) is 16.2 Å². The van der Waals surface area contributed by atoms with Gasteiger partial charge in [0.15, 0.2) is 0 Å². The van der Waals surface area contributed by atoms with Crippen LogP contribution in [-0.4, -0.2) is 17.3 Å². The molecule has 0 radical (unpaired) electrons. The predicted octanol–water partition coefficient (Wildman–Crippen LogP) is 4.81. The lowest BCUT2D eigenvalue weighted by molar-refractivity contribution is -0.105. The minimum Gasteiger partial charge on any atom is -0.363 e. The van der Waals surface area contributed by atoms with Gasteiger partial charge in [-0.3, -0.25) is 4.79 Å². The Morgan fingerprint density at radius 2 is 2.19 bits per heavy atom. The molecule has 1 N–H and O–H groups in total. The van der Waals surface area contributed by atoms with Gasteiger partial charge in [-0.1, -0.05) is 24.4 Å². The van der Waals surface area contributed by atoms with Crippen molar-refractivity contribution in [3.63, 3.8) is 0 Å². The number of nitrogens with one attached hydrogen (secondary N) is 1. The Hall–Kier alpha value is -2.64. The molecule has 26 heavy (non-hydrogen) atoms. The first-order valence-corrected chi connectivity index (χ1v) is 8.62. The first-order chi connectivity index (χ1) is 12.4. The van der Waals surface area contributed by atoms with Gasteiger partial charge in [0.2, 0.25) is 0 Å². The van der Waals surface area contributed by atoms with Gasteiger partial charge in [-0.2, -0.15) is 0 Å². The molecule has 3 nitrogen and oxygen atoms in total. The lowest BCUT2D eigenvalue weighted by atomic mass is 10.0. The van der Waals surface area contributed by atoms with E-state index >= 15 is 0 Å². The molecular weight excluding hydrogens is 351 g/mol. The Kier molecular flexibility index (Phi) is 6.54.